The van der Waals surface area contributed by atoms with Gasteiger partial charge in [-0.05, 0) is 47.0 Å². The number of aliphatic hydroxyl groups is 1. The number of halogens is 1. The van der Waals surface area contributed by atoms with Gasteiger partial charge in [-0.25, -0.2) is 0 Å². The summed E-state index contributed by atoms with van der Waals surface area (Å²) in [4.78, 5) is 11.8. The average Bonchev–Trinajstić information content (AvgIpc) is 2.38. The van der Waals surface area contributed by atoms with Gasteiger partial charge in [-0.15, -0.1) is 0 Å². The van der Waals surface area contributed by atoms with Crippen LogP contribution >= 0.6 is 15.9 Å². The summed E-state index contributed by atoms with van der Waals surface area (Å²) >= 11 is 3.33. The molecule has 1 amide bonds. The first-order valence-electron chi connectivity index (χ1n) is 5.88. The van der Waals surface area contributed by atoms with Gasteiger partial charge < -0.3 is 15.2 Å². The summed E-state index contributed by atoms with van der Waals surface area (Å²) in [7, 11) is 1.58. The quantitative estimate of drug-likeness (QED) is 0.847. The van der Waals surface area contributed by atoms with Crippen molar-refractivity contribution < 1.29 is 14.6 Å². The van der Waals surface area contributed by atoms with Crippen LogP contribution in [0.25, 0.3) is 0 Å². The maximum atomic E-state index is 11.8. The van der Waals surface area contributed by atoms with Crippen LogP contribution in [0, 0.1) is 0 Å². The Hall–Kier alpha value is -1.07. The number of carbonyl (C=O) groups excluding carboxylic acids is 1. The first-order chi connectivity index (χ1) is 8.58. The number of amides is 1. The highest BCUT2D eigenvalue weighted by Crippen LogP contribution is 2.25. The number of aliphatic hydroxyl groups excluding tert-OH is 1. The first kappa shape index (κ1) is 15.0. The van der Waals surface area contributed by atoms with Crippen molar-refractivity contribution in [3.05, 3.63) is 28.2 Å². The molecule has 100 valence electrons. The minimum absolute atomic E-state index is 0.151. The van der Waals surface area contributed by atoms with Crippen LogP contribution in [0.3, 0.4) is 0 Å². The molecule has 0 aromatic heterocycles. The summed E-state index contributed by atoms with van der Waals surface area (Å²) < 4.78 is 5.84. The van der Waals surface area contributed by atoms with Crippen molar-refractivity contribution in [3.63, 3.8) is 0 Å². The van der Waals surface area contributed by atoms with Gasteiger partial charge in [0.2, 0.25) is 0 Å². The molecule has 1 rings (SSSR count). The van der Waals surface area contributed by atoms with Crippen molar-refractivity contribution in [1.29, 1.82) is 0 Å². The van der Waals surface area contributed by atoms with Crippen molar-refractivity contribution in [2.45, 2.75) is 25.9 Å². The molecule has 0 spiro atoms. The monoisotopic (exact) mass is 315 g/mol. The van der Waals surface area contributed by atoms with E-state index in [1.807, 2.05) is 6.92 Å². The largest absolute Gasteiger partial charge is 0.496 e. The SMILES string of the molecule is CCC(O)CCNC(=O)c1ccc(OC)c(Br)c1. The van der Waals surface area contributed by atoms with Gasteiger partial charge in [0.1, 0.15) is 5.75 Å². The molecule has 0 radical (unpaired) electrons. The van der Waals surface area contributed by atoms with E-state index in [0.29, 0.717) is 30.7 Å². The number of ether oxygens (including phenoxy) is 1. The molecule has 0 fully saturated rings. The van der Waals surface area contributed by atoms with E-state index in [2.05, 4.69) is 21.2 Å². The van der Waals surface area contributed by atoms with Crippen molar-refractivity contribution >= 4 is 21.8 Å². The molecule has 0 saturated heterocycles. The first-order valence-corrected chi connectivity index (χ1v) is 6.67. The fourth-order valence-electron chi connectivity index (χ4n) is 1.47. The van der Waals surface area contributed by atoms with E-state index in [-0.39, 0.29) is 12.0 Å². The van der Waals surface area contributed by atoms with E-state index < -0.39 is 0 Å². The number of rotatable bonds is 6. The highest BCUT2D eigenvalue weighted by Gasteiger charge is 2.09. The molecule has 0 aliphatic rings. The Kier molecular flexibility index (Phi) is 6.15. The zero-order chi connectivity index (χ0) is 13.5. The fourth-order valence-corrected chi connectivity index (χ4v) is 2.01. The molecule has 5 heteroatoms. The summed E-state index contributed by atoms with van der Waals surface area (Å²) in [5, 5.41) is 12.1. The predicted molar refractivity (Wildman–Crippen MR) is 73.9 cm³/mol. The minimum atomic E-state index is -0.354. The van der Waals surface area contributed by atoms with Crippen molar-refractivity contribution in [1.82, 2.24) is 5.32 Å². The number of carbonyl (C=O) groups is 1. The van der Waals surface area contributed by atoms with Crippen LogP contribution in [0.5, 0.6) is 5.75 Å². The molecule has 0 heterocycles. The van der Waals surface area contributed by atoms with Crippen LogP contribution in [0.15, 0.2) is 22.7 Å². The maximum absolute atomic E-state index is 11.8. The predicted octanol–water partition coefficient (Wildman–Crippen LogP) is 2.35. The van der Waals surface area contributed by atoms with Crippen LogP contribution in [0.4, 0.5) is 0 Å². The van der Waals surface area contributed by atoms with Crippen molar-refractivity contribution in [2.24, 2.45) is 0 Å². The summed E-state index contributed by atoms with van der Waals surface area (Å²) in [5.41, 5.74) is 0.564. The minimum Gasteiger partial charge on any atom is -0.496 e. The molecule has 1 unspecified atom stereocenters. The van der Waals surface area contributed by atoms with E-state index in [0.717, 1.165) is 4.47 Å². The Labute approximate surface area is 115 Å². The molecule has 0 aliphatic heterocycles. The topological polar surface area (TPSA) is 58.6 Å². The van der Waals surface area contributed by atoms with Crippen molar-refractivity contribution in [2.75, 3.05) is 13.7 Å². The third kappa shape index (κ3) is 4.31. The van der Waals surface area contributed by atoms with Crippen LogP contribution in [-0.2, 0) is 0 Å². The summed E-state index contributed by atoms with van der Waals surface area (Å²) in [6.07, 6.45) is 0.914. The molecular weight excluding hydrogens is 298 g/mol. The Morgan fingerprint density at radius 1 is 1.56 bits per heavy atom. The van der Waals surface area contributed by atoms with Gasteiger partial charge in [0, 0.05) is 12.1 Å². The van der Waals surface area contributed by atoms with E-state index >= 15 is 0 Å². The highest BCUT2D eigenvalue weighted by atomic mass is 79.9. The number of methoxy groups -OCH3 is 1. The van der Waals surface area contributed by atoms with Crippen LogP contribution in [0.1, 0.15) is 30.1 Å². The van der Waals surface area contributed by atoms with Gasteiger partial charge in [0.05, 0.1) is 17.7 Å². The third-order valence-electron chi connectivity index (χ3n) is 2.65. The number of benzene rings is 1. The van der Waals surface area contributed by atoms with Gasteiger partial charge >= 0.3 is 0 Å². The zero-order valence-corrected chi connectivity index (χ0v) is 12.2. The van der Waals surface area contributed by atoms with E-state index in [1.54, 1.807) is 25.3 Å². The van der Waals surface area contributed by atoms with E-state index in [1.165, 1.54) is 0 Å². The van der Waals surface area contributed by atoms with E-state index in [4.69, 9.17) is 4.74 Å². The molecule has 1 aromatic rings. The van der Waals surface area contributed by atoms with E-state index in [9.17, 15) is 9.90 Å². The Morgan fingerprint density at radius 2 is 2.28 bits per heavy atom. The fraction of sp³-hybridized carbons (Fsp3) is 0.462. The Balaban J connectivity index is 2.54. The Bertz CT molecular complexity index is 409. The lowest BCUT2D eigenvalue weighted by Crippen LogP contribution is -2.27. The third-order valence-corrected chi connectivity index (χ3v) is 3.27. The number of hydrogen-bond donors (Lipinski definition) is 2. The molecule has 0 aliphatic carbocycles. The molecule has 4 nitrogen and oxygen atoms in total. The second-order valence-corrected chi connectivity index (χ2v) is 4.81. The second-order valence-electron chi connectivity index (χ2n) is 3.96. The van der Waals surface area contributed by atoms with Crippen LogP contribution < -0.4 is 10.1 Å². The summed E-state index contributed by atoms with van der Waals surface area (Å²) in [6.45, 7) is 2.38. The lowest BCUT2D eigenvalue weighted by Gasteiger charge is -2.10. The molecular formula is C13H18BrNO3. The Morgan fingerprint density at radius 3 is 2.83 bits per heavy atom. The zero-order valence-electron chi connectivity index (χ0n) is 10.6. The van der Waals surface area contributed by atoms with Gasteiger partial charge in [0.25, 0.3) is 5.91 Å². The smallest absolute Gasteiger partial charge is 0.251 e. The number of nitrogens with one attached hydrogen (secondary N) is 1. The highest BCUT2D eigenvalue weighted by molar-refractivity contribution is 9.10. The average molecular weight is 316 g/mol. The van der Waals surface area contributed by atoms with Crippen molar-refractivity contribution in [3.8, 4) is 5.75 Å². The molecule has 18 heavy (non-hydrogen) atoms. The molecule has 1 aromatic carbocycles. The lowest BCUT2D eigenvalue weighted by molar-refractivity contribution is 0.0942. The lowest BCUT2D eigenvalue weighted by atomic mass is 10.2. The molecule has 1 atom stereocenters. The van der Waals surface area contributed by atoms with Crippen LogP contribution in [-0.4, -0.2) is 30.8 Å². The summed E-state index contributed by atoms with van der Waals surface area (Å²) in [6, 6.07) is 5.15. The van der Waals surface area contributed by atoms with Gasteiger partial charge in [-0.2, -0.15) is 0 Å². The normalized spacial score (nSPS) is 12.0. The standard InChI is InChI=1S/C13H18BrNO3/c1-3-10(16)6-7-15-13(17)9-4-5-12(18-2)11(14)8-9/h4-5,8,10,16H,3,6-7H2,1-2H3,(H,15,17). The molecule has 2 N–H and O–H groups in total. The summed E-state index contributed by atoms with van der Waals surface area (Å²) in [5.74, 6) is 0.537. The number of hydrogen-bond acceptors (Lipinski definition) is 3. The molecule has 0 bridgehead atoms. The van der Waals surface area contributed by atoms with Crippen LogP contribution in [0.2, 0.25) is 0 Å². The van der Waals surface area contributed by atoms with Gasteiger partial charge in [-0.1, -0.05) is 6.92 Å². The maximum Gasteiger partial charge on any atom is 0.251 e. The van der Waals surface area contributed by atoms with Gasteiger partial charge in [-0.3, -0.25) is 4.79 Å². The molecule has 0 saturated carbocycles. The van der Waals surface area contributed by atoms with Gasteiger partial charge in [0.15, 0.2) is 0 Å². The second kappa shape index (κ2) is 7.38.